The smallest absolute Gasteiger partial charge is 0.307 e. The zero-order chi connectivity index (χ0) is 17.8. The predicted octanol–water partition coefficient (Wildman–Crippen LogP) is 2.54. The zero-order valence-electron chi connectivity index (χ0n) is 14.6. The molecule has 1 aromatic rings. The Labute approximate surface area is 152 Å². The Morgan fingerprint density at radius 3 is 2.68 bits per heavy atom. The average Bonchev–Trinajstić information content (AvgIpc) is 3.10. The number of hydrogen-bond donors (Lipinski definition) is 1. The normalized spacial score (nSPS) is 22.9. The molecule has 1 unspecified atom stereocenters. The second-order valence-electron chi connectivity index (χ2n) is 6.89. The van der Waals surface area contributed by atoms with Crippen molar-refractivity contribution in [3.63, 3.8) is 0 Å². The van der Waals surface area contributed by atoms with Crippen molar-refractivity contribution >= 4 is 23.6 Å². The van der Waals surface area contributed by atoms with E-state index in [1.54, 1.807) is 17.8 Å². The minimum absolute atomic E-state index is 0.0344. The molecule has 6 nitrogen and oxygen atoms in total. The van der Waals surface area contributed by atoms with Crippen LogP contribution in [0.5, 0.6) is 0 Å². The Bertz CT molecular complexity index is 610. The number of nitrogens with zero attached hydrogens (tertiary/aromatic N) is 2. The third kappa shape index (κ3) is 4.39. The van der Waals surface area contributed by atoms with E-state index in [9.17, 15) is 14.7 Å². The van der Waals surface area contributed by atoms with Gasteiger partial charge in [-0.1, -0.05) is 0 Å². The number of carboxylic acids is 1. The largest absolute Gasteiger partial charge is 0.481 e. The van der Waals surface area contributed by atoms with Crippen molar-refractivity contribution in [1.29, 1.82) is 0 Å². The van der Waals surface area contributed by atoms with Crippen LogP contribution in [0.1, 0.15) is 42.0 Å². The van der Waals surface area contributed by atoms with Crippen LogP contribution in [0.2, 0.25) is 0 Å². The molecular weight excluding hydrogens is 340 g/mol. The van der Waals surface area contributed by atoms with E-state index < -0.39 is 5.97 Å². The van der Waals surface area contributed by atoms with E-state index in [1.807, 2.05) is 17.2 Å². The molecule has 0 saturated carbocycles. The number of aliphatic carboxylic acids is 1. The van der Waals surface area contributed by atoms with Crippen LogP contribution in [0.4, 0.5) is 0 Å². The summed E-state index contributed by atoms with van der Waals surface area (Å²) < 4.78 is 5.63. The first-order chi connectivity index (χ1) is 12.1. The highest BCUT2D eigenvalue weighted by Gasteiger charge is 2.33. The van der Waals surface area contributed by atoms with Crippen LogP contribution in [0.15, 0.2) is 16.5 Å². The van der Waals surface area contributed by atoms with E-state index >= 15 is 0 Å². The lowest BCUT2D eigenvalue weighted by Crippen LogP contribution is -2.50. The van der Waals surface area contributed by atoms with Gasteiger partial charge in [-0.3, -0.25) is 14.5 Å². The van der Waals surface area contributed by atoms with Gasteiger partial charge in [0.25, 0.3) is 5.91 Å². The molecule has 138 valence electrons. The molecule has 1 atom stereocenters. The SMILES string of the molecule is CSCc1ccc(C(=O)N2CCC(N3CCCC(C(=O)O)C3)CC2)o1. The molecule has 2 aliphatic rings. The van der Waals surface area contributed by atoms with E-state index in [2.05, 4.69) is 4.90 Å². The second-order valence-corrected chi connectivity index (χ2v) is 7.76. The van der Waals surface area contributed by atoms with Crippen molar-refractivity contribution in [2.75, 3.05) is 32.4 Å². The van der Waals surface area contributed by atoms with Crippen LogP contribution in [0.3, 0.4) is 0 Å². The summed E-state index contributed by atoms with van der Waals surface area (Å²) >= 11 is 1.67. The zero-order valence-corrected chi connectivity index (χ0v) is 15.5. The number of piperidine rings is 2. The lowest BCUT2D eigenvalue weighted by Gasteiger charge is -2.41. The lowest BCUT2D eigenvalue weighted by atomic mass is 9.94. The maximum Gasteiger partial charge on any atom is 0.307 e. The monoisotopic (exact) mass is 366 g/mol. The molecule has 3 rings (SSSR count). The van der Waals surface area contributed by atoms with E-state index in [0.29, 0.717) is 31.4 Å². The number of hydrogen-bond acceptors (Lipinski definition) is 5. The summed E-state index contributed by atoms with van der Waals surface area (Å²) in [5, 5.41) is 9.24. The van der Waals surface area contributed by atoms with E-state index in [-0.39, 0.29) is 11.8 Å². The summed E-state index contributed by atoms with van der Waals surface area (Å²) in [6.07, 6.45) is 5.53. The van der Waals surface area contributed by atoms with E-state index in [1.165, 1.54) is 0 Å². The molecule has 1 N–H and O–H groups in total. The topological polar surface area (TPSA) is 74.0 Å². The number of thioether (sulfide) groups is 1. The third-order valence-electron chi connectivity index (χ3n) is 5.23. The lowest BCUT2D eigenvalue weighted by molar-refractivity contribution is -0.144. The molecule has 25 heavy (non-hydrogen) atoms. The molecule has 0 aromatic carbocycles. The number of rotatable bonds is 5. The van der Waals surface area contributed by atoms with Crippen LogP contribution < -0.4 is 0 Å². The minimum Gasteiger partial charge on any atom is -0.481 e. The summed E-state index contributed by atoms with van der Waals surface area (Å²) in [4.78, 5) is 28.0. The Balaban J connectivity index is 1.52. The van der Waals surface area contributed by atoms with Gasteiger partial charge in [-0.25, -0.2) is 0 Å². The van der Waals surface area contributed by atoms with Gasteiger partial charge in [0.15, 0.2) is 5.76 Å². The van der Waals surface area contributed by atoms with Crippen molar-refractivity contribution in [2.45, 2.75) is 37.5 Å². The molecule has 7 heteroatoms. The summed E-state index contributed by atoms with van der Waals surface area (Å²) in [6.45, 7) is 3.02. The first-order valence-electron chi connectivity index (χ1n) is 8.92. The highest BCUT2D eigenvalue weighted by molar-refractivity contribution is 7.97. The molecule has 0 radical (unpaired) electrons. The van der Waals surface area contributed by atoms with E-state index in [0.717, 1.165) is 43.7 Å². The summed E-state index contributed by atoms with van der Waals surface area (Å²) in [7, 11) is 0. The van der Waals surface area contributed by atoms with Crippen molar-refractivity contribution < 1.29 is 19.1 Å². The van der Waals surface area contributed by atoms with Crippen molar-refractivity contribution in [1.82, 2.24) is 9.80 Å². The van der Waals surface area contributed by atoms with Gasteiger partial charge >= 0.3 is 5.97 Å². The fourth-order valence-electron chi connectivity index (χ4n) is 3.84. The van der Waals surface area contributed by atoms with Gasteiger partial charge in [0, 0.05) is 25.7 Å². The molecule has 2 fully saturated rings. The standard InChI is InChI=1S/C18H26N2O4S/c1-25-12-15-4-5-16(24-15)17(21)19-9-6-14(7-10-19)20-8-2-3-13(11-20)18(22)23/h4-5,13-14H,2-3,6-12H2,1H3,(H,22,23). The molecule has 2 saturated heterocycles. The average molecular weight is 366 g/mol. The summed E-state index contributed by atoms with van der Waals surface area (Å²) in [6, 6.07) is 4.02. The van der Waals surface area contributed by atoms with Crippen LogP contribution in [-0.2, 0) is 10.5 Å². The van der Waals surface area contributed by atoms with Crippen molar-refractivity contribution in [3.05, 3.63) is 23.7 Å². The molecule has 3 heterocycles. The summed E-state index contributed by atoms with van der Waals surface area (Å²) in [5.41, 5.74) is 0. The van der Waals surface area contributed by atoms with Gasteiger partial charge in [-0.05, 0) is 50.6 Å². The molecule has 1 amide bonds. The maximum absolute atomic E-state index is 12.6. The molecule has 2 aliphatic heterocycles. The first kappa shape index (κ1) is 18.3. The first-order valence-corrected chi connectivity index (χ1v) is 10.3. The minimum atomic E-state index is -0.684. The molecule has 0 bridgehead atoms. The van der Waals surface area contributed by atoms with Gasteiger partial charge in [0.2, 0.25) is 0 Å². The molecule has 0 spiro atoms. The second kappa shape index (κ2) is 8.27. The van der Waals surface area contributed by atoms with Crippen LogP contribution >= 0.6 is 11.8 Å². The van der Waals surface area contributed by atoms with Gasteiger partial charge in [0.1, 0.15) is 5.76 Å². The number of carboxylic acid groups (broad SMARTS) is 1. The number of amides is 1. The highest BCUT2D eigenvalue weighted by atomic mass is 32.2. The molecule has 1 aromatic heterocycles. The Kier molecular flexibility index (Phi) is 6.06. The van der Waals surface area contributed by atoms with Gasteiger partial charge in [-0.15, -0.1) is 0 Å². The number of carbonyl (C=O) groups excluding carboxylic acids is 1. The van der Waals surface area contributed by atoms with Crippen molar-refractivity contribution in [2.24, 2.45) is 5.92 Å². The number of carbonyl (C=O) groups is 2. The van der Waals surface area contributed by atoms with Crippen LogP contribution in [0.25, 0.3) is 0 Å². The fourth-order valence-corrected chi connectivity index (χ4v) is 4.28. The number of furan rings is 1. The summed E-state index contributed by atoms with van der Waals surface area (Å²) in [5.74, 6) is 1.07. The maximum atomic E-state index is 12.6. The van der Waals surface area contributed by atoms with Gasteiger partial charge < -0.3 is 14.4 Å². The highest BCUT2D eigenvalue weighted by Crippen LogP contribution is 2.25. The molecule has 0 aliphatic carbocycles. The van der Waals surface area contributed by atoms with E-state index in [4.69, 9.17) is 4.42 Å². The number of likely N-dealkylation sites (tertiary alicyclic amines) is 2. The predicted molar refractivity (Wildman–Crippen MR) is 96.8 cm³/mol. The van der Waals surface area contributed by atoms with Gasteiger partial charge in [-0.2, -0.15) is 11.8 Å². The van der Waals surface area contributed by atoms with Crippen molar-refractivity contribution in [3.8, 4) is 0 Å². The van der Waals surface area contributed by atoms with Gasteiger partial charge in [0.05, 0.1) is 11.7 Å². The fraction of sp³-hybridized carbons (Fsp3) is 0.667. The quantitative estimate of drug-likeness (QED) is 0.863. The Hall–Kier alpha value is -1.47. The van der Waals surface area contributed by atoms with Crippen LogP contribution in [-0.4, -0.2) is 65.3 Å². The van der Waals surface area contributed by atoms with Crippen LogP contribution in [0, 0.1) is 5.92 Å². The third-order valence-corrected chi connectivity index (χ3v) is 5.80. The molecular formula is C18H26N2O4S. The Morgan fingerprint density at radius 2 is 2.00 bits per heavy atom. The Morgan fingerprint density at radius 1 is 1.24 bits per heavy atom.